The monoisotopic (exact) mass is 346 g/mol. The molecule has 0 aromatic heterocycles. The molecular formula is C21H34N2O2. The van der Waals surface area contributed by atoms with E-state index in [4.69, 9.17) is 10.5 Å². The van der Waals surface area contributed by atoms with Crippen LogP contribution in [0.4, 0.5) is 4.79 Å². The van der Waals surface area contributed by atoms with Crippen molar-refractivity contribution in [2.24, 2.45) is 11.7 Å². The number of rotatable bonds is 4. The highest BCUT2D eigenvalue weighted by Gasteiger charge is 2.30. The Morgan fingerprint density at radius 2 is 1.68 bits per heavy atom. The number of benzene rings is 1. The molecule has 1 saturated heterocycles. The van der Waals surface area contributed by atoms with Gasteiger partial charge >= 0.3 is 6.09 Å². The van der Waals surface area contributed by atoms with Crippen LogP contribution in [-0.2, 0) is 4.74 Å². The average Bonchev–Trinajstić information content (AvgIpc) is 2.55. The quantitative estimate of drug-likeness (QED) is 0.873. The topological polar surface area (TPSA) is 55.6 Å². The van der Waals surface area contributed by atoms with Gasteiger partial charge in [0.1, 0.15) is 5.60 Å². The van der Waals surface area contributed by atoms with Gasteiger partial charge in [0.05, 0.1) is 0 Å². The van der Waals surface area contributed by atoms with Crippen LogP contribution >= 0.6 is 0 Å². The van der Waals surface area contributed by atoms with Crippen LogP contribution in [-0.4, -0.2) is 36.2 Å². The Bertz CT molecular complexity index is 552. The van der Waals surface area contributed by atoms with Crippen molar-refractivity contribution in [1.82, 2.24) is 4.90 Å². The zero-order valence-electron chi connectivity index (χ0n) is 16.4. The van der Waals surface area contributed by atoms with Crippen LogP contribution in [0.5, 0.6) is 0 Å². The molecule has 1 unspecified atom stereocenters. The van der Waals surface area contributed by atoms with Crippen molar-refractivity contribution < 1.29 is 9.53 Å². The summed E-state index contributed by atoms with van der Waals surface area (Å²) >= 11 is 0. The number of nitrogens with zero attached hydrogens (tertiary/aromatic N) is 1. The van der Waals surface area contributed by atoms with Gasteiger partial charge < -0.3 is 15.4 Å². The van der Waals surface area contributed by atoms with Crippen molar-refractivity contribution in [3.05, 3.63) is 35.4 Å². The molecule has 0 aliphatic carbocycles. The van der Waals surface area contributed by atoms with Gasteiger partial charge in [0.2, 0.25) is 0 Å². The van der Waals surface area contributed by atoms with E-state index < -0.39 is 5.60 Å². The third kappa shape index (κ3) is 5.46. The molecule has 4 heteroatoms. The first kappa shape index (κ1) is 19.8. The fraction of sp³-hybridized carbons (Fsp3) is 0.667. The Morgan fingerprint density at radius 3 is 2.12 bits per heavy atom. The van der Waals surface area contributed by atoms with E-state index in [-0.39, 0.29) is 6.09 Å². The minimum Gasteiger partial charge on any atom is -0.444 e. The highest BCUT2D eigenvalue weighted by atomic mass is 16.6. The van der Waals surface area contributed by atoms with Gasteiger partial charge in [0, 0.05) is 13.1 Å². The molecule has 2 N–H and O–H groups in total. The maximum Gasteiger partial charge on any atom is 0.410 e. The molecule has 1 aliphatic rings. The first-order chi connectivity index (χ1) is 11.7. The zero-order valence-corrected chi connectivity index (χ0v) is 16.4. The standard InChI is InChI=1S/C21H34N2O2/c1-15(2)16-6-8-17(9-7-16)19(14-22)18-10-12-23(13-11-18)20(24)25-21(3,4)5/h6-9,15,18-19H,10-14,22H2,1-5H3. The van der Waals surface area contributed by atoms with Crippen LogP contribution in [0.1, 0.15) is 70.4 Å². The van der Waals surface area contributed by atoms with Crippen molar-refractivity contribution in [2.75, 3.05) is 19.6 Å². The van der Waals surface area contributed by atoms with Crippen molar-refractivity contribution in [1.29, 1.82) is 0 Å². The smallest absolute Gasteiger partial charge is 0.410 e. The lowest BCUT2D eigenvalue weighted by atomic mass is 9.79. The summed E-state index contributed by atoms with van der Waals surface area (Å²) in [4.78, 5) is 14.0. The largest absolute Gasteiger partial charge is 0.444 e. The van der Waals surface area contributed by atoms with Gasteiger partial charge in [-0.1, -0.05) is 38.1 Å². The fourth-order valence-corrected chi connectivity index (χ4v) is 3.54. The lowest BCUT2D eigenvalue weighted by molar-refractivity contribution is 0.0175. The summed E-state index contributed by atoms with van der Waals surface area (Å²) in [5.74, 6) is 1.43. The summed E-state index contributed by atoms with van der Waals surface area (Å²) in [7, 11) is 0. The number of nitrogens with two attached hydrogens (primary N) is 1. The minimum atomic E-state index is -0.439. The van der Waals surface area contributed by atoms with Crippen LogP contribution in [0.25, 0.3) is 0 Å². The number of likely N-dealkylation sites (tertiary alicyclic amines) is 1. The Kier molecular flexibility index (Phi) is 6.50. The van der Waals surface area contributed by atoms with Crippen molar-refractivity contribution in [3.8, 4) is 0 Å². The molecule has 2 rings (SSSR count). The molecule has 0 radical (unpaired) electrons. The highest BCUT2D eigenvalue weighted by molar-refractivity contribution is 5.68. The van der Waals surface area contributed by atoms with Gasteiger partial charge in [-0.3, -0.25) is 0 Å². The molecule has 1 aromatic carbocycles. The summed E-state index contributed by atoms with van der Waals surface area (Å²) in [6.45, 7) is 12.3. The van der Waals surface area contributed by atoms with Crippen LogP contribution in [0, 0.1) is 5.92 Å². The summed E-state index contributed by atoms with van der Waals surface area (Å²) < 4.78 is 5.48. The van der Waals surface area contributed by atoms with E-state index in [0.29, 0.717) is 24.3 Å². The second-order valence-electron chi connectivity index (χ2n) is 8.47. The molecule has 1 atom stereocenters. The third-order valence-corrected chi connectivity index (χ3v) is 5.05. The first-order valence-corrected chi connectivity index (χ1v) is 9.49. The van der Waals surface area contributed by atoms with E-state index in [1.807, 2.05) is 25.7 Å². The number of ether oxygens (including phenoxy) is 1. The summed E-state index contributed by atoms with van der Waals surface area (Å²) in [6.07, 6.45) is 1.76. The second-order valence-corrected chi connectivity index (χ2v) is 8.47. The van der Waals surface area contributed by atoms with Gasteiger partial charge in [0.25, 0.3) is 0 Å². The van der Waals surface area contributed by atoms with Gasteiger partial charge in [-0.15, -0.1) is 0 Å². The summed E-state index contributed by atoms with van der Waals surface area (Å²) in [6, 6.07) is 8.90. The van der Waals surface area contributed by atoms with Crippen LogP contribution in [0.3, 0.4) is 0 Å². The van der Waals surface area contributed by atoms with Gasteiger partial charge in [0.15, 0.2) is 0 Å². The fourth-order valence-electron chi connectivity index (χ4n) is 3.54. The molecule has 4 nitrogen and oxygen atoms in total. The SMILES string of the molecule is CC(C)c1ccc(C(CN)C2CCN(C(=O)OC(C)(C)C)CC2)cc1. The number of piperidine rings is 1. The number of hydrogen-bond acceptors (Lipinski definition) is 3. The molecule has 0 saturated carbocycles. The number of amides is 1. The molecule has 1 amide bonds. The van der Waals surface area contributed by atoms with Crippen molar-refractivity contribution >= 4 is 6.09 Å². The molecule has 1 heterocycles. The van der Waals surface area contributed by atoms with Gasteiger partial charge in [-0.05, 0) is 69.0 Å². The zero-order chi connectivity index (χ0) is 18.6. The van der Waals surface area contributed by atoms with Crippen LogP contribution < -0.4 is 5.73 Å². The Hall–Kier alpha value is -1.55. The number of hydrogen-bond donors (Lipinski definition) is 1. The van der Waals surface area contributed by atoms with E-state index in [0.717, 1.165) is 25.9 Å². The molecule has 0 bridgehead atoms. The van der Waals surface area contributed by atoms with Crippen LogP contribution in [0.2, 0.25) is 0 Å². The second kappa shape index (κ2) is 8.22. The van der Waals surface area contributed by atoms with Gasteiger partial charge in [-0.25, -0.2) is 4.79 Å². The molecule has 1 fully saturated rings. The average molecular weight is 347 g/mol. The molecular weight excluding hydrogens is 312 g/mol. The number of carbonyl (C=O) groups excluding carboxylic acids is 1. The van der Waals surface area contributed by atoms with E-state index in [1.54, 1.807) is 0 Å². The third-order valence-electron chi connectivity index (χ3n) is 5.05. The lowest BCUT2D eigenvalue weighted by Gasteiger charge is -2.36. The summed E-state index contributed by atoms with van der Waals surface area (Å²) in [5.41, 5.74) is 8.35. The van der Waals surface area contributed by atoms with Gasteiger partial charge in [-0.2, -0.15) is 0 Å². The van der Waals surface area contributed by atoms with E-state index >= 15 is 0 Å². The highest BCUT2D eigenvalue weighted by Crippen LogP contribution is 2.33. The molecule has 1 aliphatic heterocycles. The van der Waals surface area contributed by atoms with E-state index in [9.17, 15) is 4.79 Å². The molecule has 0 spiro atoms. The Balaban J connectivity index is 1.96. The van der Waals surface area contributed by atoms with Crippen molar-refractivity contribution in [2.45, 2.75) is 64.9 Å². The molecule has 1 aromatic rings. The maximum atomic E-state index is 12.2. The predicted molar refractivity (Wildman–Crippen MR) is 103 cm³/mol. The Morgan fingerprint density at radius 1 is 1.16 bits per heavy atom. The summed E-state index contributed by atoms with van der Waals surface area (Å²) in [5, 5.41) is 0. The molecule has 140 valence electrons. The van der Waals surface area contributed by atoms with E-state index in [2.05, 4.69) is 38.1 Å². The molecule has 25 heavy (non-hydrogen) atoms. The first-order valence-electron chi connectivity index (χ1n) is 9.49. The maximum absolute atomic E-state index is 12.2. The van der Waals surface area contributed by atoms with Crippen LogP contribution in [0.15, 0.2) is 24.3 Å². The van der Waals surface area contributed by atoms with E-state index in [1.165, 1.54) is 11.1 Å². The lowest BCUT2D eigenvalue weighted by Crippen LogP contribution is -2.43. The number of carbonyl (C=O) groups is 1. The minimum absolute atomic E-state index is 0.198. The van der Waals surface area contributed by atoms with Crippen molar-refractivity contribution in [3.63, 3.8) is 0 Å². The Labute approximate surface area is 152 Å². The predicted octanol–water partition coefficient (Wildman–Crippen LogP) is 4.50. The normalized spacial score (nSPS) is 17.6.